The van der Waals surface area contributed by atoms with Gasteiger partial charge in [0, 0.05) is 12.5 Å². The fourth-order valence-corrected chi connectivity index (χ4v) is 1.70. The van der Waals surface area contributed by atoms with Gasteiger partial charge in [0.1, 0.15) is 0 Å². The molecule has 0 aromatic carbocycles. The third kappa shape index (κ3) is 19.2. The Morgan fingerprint density at radius 1 is 0.800 bits per heavy atom. The molecule has 0 unspecified atom stereocenters. The van der Waals surface area contributed by atoms with Crippen molar-refractivity contribution in [2.75, 3.05) is 6.67 Å². The normalized spacial score (nSPS) is 9.85. The van der Waals surface area contributed by atoms with Crippen molar-refractivity contribution in [1.82, 2.24) is 0 Å². The van der Waals surface area contributed by atoms with Gasteiger partial charge in [-0.05, 0) is 18.9 Å². The Kier molecular flexibility index (Phi) is 21.3. The molecular formula is C16H31FO3. The lowest BCUT2D eigenvalue weighted by Gasteiger charge is -2.00. The van der Waals surface area contributed by atoms with Gasteiger partial charge < -0.3 is 5.11 Å². The summed E-state index contributed by atoms with van der Waals surface area (Å²) in [4.78, 5) is 21.3. The Bertz CT molecular complexity index is 262. The highest BCUT2D eigenvalue weighted by atomic mass is 19.1. The fraction of sp³-hybridized carbons (Fsp3) is 0.750. The van der Waals surface area contributed by atoms with Crippen LogP contribution < -0.4 is 0 Å². The zero-order valence-corrected chi connectivity index (χ0v) is 10.9. The first kappa shape index (κ1) is 23.9. The van der Waals surface area contributed by atoms with Gasteiger partial charge in [-0.25, -0.2) is 4.79 Å². The highest BCUT2D eigenvalue weighted by molar-refractivity contribution is 5.95. The minimum Gasteiger partial charge on any atom is -0.478 e. The highest BCUT2D eigenvalue weighted by Gasteiger charge is 1.98. The van der Waals surface area contributed by atoms with Crippen LogP contribution >= 0.6 is 0 Å². The number of hydrogen-bond donors (Lipinski definition) is 1. The maximum absolute atomic E-state index is 11.8. The molecular weight excluding hydrogens is 259 g/mol. The Morgan fingerprint density at radius 3 is 1.70 bits per heavy atom. The topological polar surface area (TPSA) is 54.4 Å². The Morgan fingerprint density at radius 2 is 1.25 bits per heavy atom. The summed E-state index contributed by atoms with van der Waals surface area (Å²) in [6.45, 7) is -0.216. The van der Waals surface area contributed by atoms with Crippen molar-refractivity contribution in [1.29, 1.82) is 0 Å². The number of carbonyl (C=O) groups excluding carboxylic acids is 1. The van der Waals surface area contributed by atoms with Gasteiger partial charge in [0.2, 0.25) is 0 Å². The van der Waals surface area contributed by atoms with Crippen LogP contribution in [0.5, 0.6) is 0 Å². The summed E-state index contributed by atoms with van der Waals surface area (Å²) in [6.07, 6.45) is 10.3. The zero-order valence-electron chi connectivity index (χ0n) is 10.9. The first-order valence-electron chi connectivity index (χ1n) is 6.66. The summed E-state index contributed by atoms with van der Waals surface area (Å²) in [7, 11) is 0. The molecule has 0 saturated heterocycles. The van der Waals surface area contributed by atoms with Crippen LogP contribution in [-0.4, -0.2) is 23.5 Å². The van der Waals surface area contributed by atoms with Crippen LogP contribution in [0.3, 0.4) is 0 Å². The Labute approximate surface area is 123 Å². The molecule has 1 N–H and O–H groups in total. The largest absolute Gasteiger partial charge is 0.478 e. The van der Waals surface area contributed by atoms with Crippen LogP contribution in [-0.2, 0) is 9.59 Å². The first-order valence-corrected chi connectivity index (χ1v) is 6.66. The average Bonchev–Trinajstić information content (AvgIpc) is 2.34. The molecule has 0 atom stereocenters. The zero-order chi connectivity index (χ0) is 13.6. The van der Waals surface area contributed by atoms with E-state index in [0.29, 0.717) is 12.8 Å². The van der Waals surface area contributed by atoms with Crippen molar-refractivity contribution in [3.05, 3.63) is 12.2 Å². The van der Waals surface area contributed by atoms with Gasteiger partial charge in [0.05, 0.1) is 6.67 Å². The van der Waals surface area contributed by atoms with Crippen LogP contribution in [0.1, 0.15) is 72.6 Å². The number of rotatable bonds is 12. The lowest BCUT2D eigenvalue weighted by Crippen LogP contribution is -1.95. The molecule has 0 radical (unpaired) electrons. The number of ketones is 1. The van der Waals surface area contributed by atoms with E-state index in [9.17, 15) is 14.0 Å². The van der Waals surface area contributed by atoms with Crippen molar-refractivity contribution in [3.63, 3.8) is 0 Å². The molecule has 4 heteroatoms. The van der Waals surface area contributed by atoms with Gasteiger partial charge in [0.15, 0.2) is 5.78 Å². The summed E-state index contributed by atoms with van der Waals surface area (Å²) in [5, 5.41) is 8.33. The quantitative estimate of drug-likeness (QED) is 0.409. The molecule has 20 heavy (non-hydrogen) atoms. The second kappa shape index (κ2) is 17.8. The maximum Gasteiger partial charge on any atom is 0.328 e. The molecule has 0 aromatic heterocycles. The summed E-state index contributed by atoms with van der Waals surface area (Å²) < 4.78 is 11.8. The van der Waals surface area contributed by atoms with Gasteiger partial charge in [-0.1, -0.05) is 53.4 Å². The van der Waals surface area contributed by atoms with E-state index in [2.05, 4.69) is 0 Å². The lowest BCUT2D eigenvalue weighted by atomic mass is 10.1. The lowest BCUT2D eigenvalue weighted by molar-refractivity contribution is -0.131. The summed E-state index contributed by atoms with van der Waals surface area (Å²) in [5.74, 6) is -1.21. The van der Waals surface area contributed by atoms with Crippen LogP contribution in [0.15, 0.2) is 12.2 Å². The molecule has 0 rings (SSSR count). The first-order chi connectivity index (χ1) is 8.66. The molecule has 0 bridgehead atoms. The van der Waals surface area contributed by atoms with E-state index in [4.69, 9.17) is 5.11 Å². The second-order valence-corrected chi connectivity index (χ2v) is 4.41. The van der Waals surface area contributed by atoms with Crippen molar-refractivity contribution < 1.29 is 19.1 Å². The summed E-state index contributed by atoms with van der Waals surface area (Å²) >= 11 is 0. The van der Waals surface area contributed by atoms with Gasteiger partial charge in [-0.3, -0.25) is 9.18 Å². The van der Waals surface area contributed by atoms with Crippen LogP contribution in [0, 0.1) is 0 Å². The predicted octanol–water partition coefficient (Wildman–Crippen LogP) is 4.95. The molecule has 0 aliphatic rings. The molecule has 0 heterocycles. The van der Waals surface area contributed by atoms with E-state index in [1.54, 1.807) is 0 Å². The molecule has 0 fully saturated rings. The smallest absolute Gasteiger partial charge is 0.328 e. The van der Waals surface area contributed by atoms with Crippen LogP contribution in [0.4, 0.5) is 4.39 Å². The molecule has 120 valence electrons. The highest BCUT2D eigenvalue weighted by Crippen LogP contribution is 2.10. The number of aliphatic carboxylic acids is 1. The number of allylic oxidation sites excluding steroid dienone is 1. The molecule has 0 aromatic rings. The third-order valence-electron chi connectivity index (χ3n) is 2.72. The number of hydrogen-bond acceptors (Lipinski definition) is 2. The number of unbranched alkanes of at least 4 members (excludes halogenated alkanes) is 7. The second-order valence-electron chi connectivity index (χ2n) is 4.41. The summed E-state index contributed by atoms with van der Waals surface area (Å²) in [6, 6.07) is 0. The Hall–Kier alpha value is -1.19. The molecule has 0 aliphatic heterocycles. The van der Waals surface area contributed by atoms with E-state index in [1.807, 2.05) is 0 Å². The molecule has 0 aliphatic carbocycles. The monoisotopic (exact) mass is 290 g/mol. The van der Waals surface area contributed by atoms with Gasteiger partial charge >= 0.3 is 5.97 Å². The molecule has 3 nitrogen and oxygen atoms in total. The minimum absolute atomic E-state index is 0. The van der Waals surface area contributed by atoms with Crippen molar-refractivity contribution in [2.45, 2.75) is 72.6 Å². The maximum atomic E-state index is 11.8. The van der Waals surface area contributed by atoms with Crippen LogP contribution in [0.25, 0.3) is 0 Å². The molecule has 0 saturated carbocycles. The SMILES string of the molecule is C.C.O=C(O)/C=C/C(=O)CCCCCCCCCCF. The Balaban J connectivity index is -0.00000144. The average molecular weight is 290 g/mol. The van der Waals surface area contributed by atoms with E-state index >= 15 is 0 Å². The summed E-state index contributed by atoms with van der Waals surface area (Å²) in [5.41, 5.74) is 0. The number of carboxylic acids is 1. The van der Waals surface area contributed by atoms with E-state index < -0.39 is 5.97 Å². The van der Waals surface area contributed by atoms with Gasteiger partial charge in [-0.2, -0.15) is 0 Å². The number of carboxylic acid groups (broad SMARTS) is 1. The van der Waals surface area contributed by atoms with E-state index in [1.165, 1.54) is 0 Å². The van der Waals surface area contributed by atoms with Crippen molar-refractivity contribution in [2.24, 2.45) is 0 Å². The van der Waals surface area contributed by atoms with Crippen molar-refractivity contribution >= 4 is 11.8 Å². The predicted molar refractivity (Wildman–Crippen MR) is 82.8 cm³/mol. The standard InChI is InChI=1S/C14H23FO3.2CH4/c15-12-8-6-4-2-1-3-5-7-9-13(16)10-11-14(17)18;;/h10-11H,1-9,12H2,(H,17,18);2*1H4/b11-10+;;. The number of carbonyl (C=O) groups is 2. The molecule has 0 spiro atoms. The number of halogens is 1. The van der Waals surface area contributed by atoms with Gasteiger partial charge in [-0.15, -0.1) is 0 Å². The number of alkyl halides is 1. The minimum atomic E-state index is -1.09. The van der Waals surface area contributed by atoms with Crippen LogP contribution in [0.2, 0.25) is 0 Å². The fourth-order valence-electron chi connectivity index (χ4n) is 1.70. The van der Waals surface area contributed by atoms with E-state index in [-0.39, 0.29) is 27.3 Å². The molecule has 0 amide bonds. The van der Waals surface area contributed by atoms with E-state index in [0.717, 1.165) is 57.1 Å². The van der Waals surface area contributed by atoms with Crippen molar-refractivity contribution in [3.8, 4) is 0 Å². The third-order valence-corrected chi connectivity index (χ3v) is 2.72. The van der Waals surface area contributed by atoms with Gasteiger partial charge in [0.25, 0.3) is 0 Å².